The predicted octanol–water partition coefficient (Wildman–Crippen LogP) is 7.05. The van der Waals surface area contributed by atoms with Gasteiger partial charge in [0, 0.05) is 5.02 Å². The summed E-state index contributed by atoms with van der Waals surface area (Å²) in [5, 5.41) is 0.810. The van der Waals surface area contributed by atoms with Crippen molar-refractivity contribution in [2.45, 2.75) is 6.92 Å². The van der Waals surface area contributed by atoms with Crippen LogP contribution in [-0.2, 0) is 17.1 Å². The van der Waals surface area contributed by atoms with E-state index < -0.39 is 7.81 Å². The Balaban J connectivity index is 0. The van der Waals surface area contributed by atoms with E-state index in [1.807, 2.05) is 63.3 Å². The van der Waals surface area contributed by atoms with Crippen molar-refractivity contribution in [1.82, 2.24) is 0 Å². The summed E-state index contributed by atoms with van der Waals surface area (Å²) in [7, 11) is -10.7. The van der Waals surface area contributed by atoms with Crippen LogP contribution in [0.25, 0.3) is 0 Å². The summed E-state index contributed by atoms with van der Waals surface area (Å²) >= 11 is 5.64. The summed E-state index contributed by atoms with van der Waals surface area (Å²) in [6.07, 6.45) is 10.0. The van der Waals surface area contributed by atoms with E-state index in [4.69, 9.17) is 11.6 Å². The number of halogens is 7. The van der Waals surface area contributed by atoms with Crippen LogP contribution in [0.15, 0.2) is 24.3 Å². The maximum absolute atomic E-state index is 10.7. The average Bonchev–Trinajstić information content (AvgIpc) is 2.68. The van der Waals surface area contributed by atoms with Crippen LogP contribution in [0.1, 0.15) is 5.56 Å². The molecule has 0 nitrogen and oxygen atoms in total. The number of hydrogen-bond donors (Lipinski definition) is 0. The van der Waals surface area contributed by atoms with E-state index in [-0.39, 0.29) is 17.1 Å². The number of aryl methyl sites for hydroxylation is 1. The number of benzene rings is 1. The summed E-state index contributed by atoms with van der Waals surface area (Å²) in [5.74, 6) is 0. The second kappa shape index (κ2) is 8.05. The largest absolute Gasteiger partial charge is 2.00 e. The molecule has 0 unspecified atom stereocenters. The predicted molar refractivity (Wildman–Crippen MR) is 71.3 cm³/mol. The minimum atomic E-state index is -10.7. The molecule has 0 atom stereocenters. The molecular formula is C12H12ClF6FeP+. The Morgan fingerprint density at radius 1 is 0.810 bits per heavy atom. The molecule has 2 rings (SSSR count). The van der Waals surface area contributed by atoms with Crippen molar-refractivity contribution in [2.24, 2.45) is 0 Å². The van der Waals surface area contributed by atoms with Gasteiger partial charge in [-0.05, 0) is 56.7 Å². The monoisotopic (exact) mass is 392 g/mol. The molecular weight excluding hydrogens is 380 g/mol. The van der Waals surface area contributed by atoms with Crippen LogP contribution in [0, 0.1) is 39.0 Å². The van der Waals surface area contributed by atoms with Crippen molar-refractivity contribution in [3.63, 3.8) is 0 Å². The molecule has 0 amide bonds. The molecule has 9 heteroatoms. The molecule has 1 aromatic rings. The quantitative estimate of drug-likeness (QED) is 0.252. The first kappa shape index (κ1) is 23.3. The fourth-order valence-corrected chi connectivity index (χ4v) is 1.17. The number of rotatable bonds is 0. The minimum Gasteiger partial charge on any atom is -0.0312 e. The molecule has 0 aliphatic heterocycles. The van der Waals surface area contributed by atoms with Crippen molar-refractivity contribution in [1.29, 1.82) is 0 Å². The Bertz CT molecular complexity index is 380. The van der Waals surface area contributed by atoms with Gasteiger partial charge in [-0.1, -0.05) is 23.7 Å². The maximum Gasteiger partial charge on any atom is 2.00 e. The molecule has 121 valence electrons. The van der Waals surface area contributed by atoms with E-state index in [0.29, 0.717) is 0 Å². The topological polar surface area (TPSA) is 0 Å². The van der Waals surface area contributed by atoms with E-state index in [2.05, 4.69) is 0 Å². The molecule has 5 radical (unpaired) electrons. The van der Waals surface area contributed by atoms with Crippen LogP contribution in [0.3, 0.4) is 0 Å². The Kier molecular flexibility index (Phi) is 8.93. The molecule has 21 heavy (non-hydrogen) atoms. The van der Waals surface area contributed by atoms with Crippen LogP contribution in [0.5, 0.6) is 0 Å². The molecule has 0 saturated heterocycles. The van der Waals surface area contributed by atoms with E-state index in [1.165, 1.54) is 5.56 Å². The van der Waals surface area contributed by atoms with Gasteiger partial charge in [0.2, 0.25) is 0 Å². The van der Waals surface area contributed by atoms with Crippen LogP contribution in [0.2, 0.25) is 5.02 Å². The van der Waals surface area contributed by atoms with Crippen molar-refractivity contribution < 1.29 is 42.3 Å². The van der Waals surface area contributed by atoms with Crippen LogP contribution in [-0.4, -0.2) is 0 Å². The van der Waals surface area contributed by atoms with Gasteiger partial charge in [0.15, 0.2) is 0 Å². The third-order valence-corrected chi connectivity index (χ3v) is 1.77. The molecule has 1 saturated carbocycles. The molecule has 1 aliphatic rings. The second-order valence-corrected chi connectivity index (χ2v) is 6.07. The molecule has 0 spiro atoms. The van der Waals surface area contributed by atoms with E-state index in [0.717, 1.165) is 5.02 Å². The maximum atomic E-state index is 9.87. The molecule has 0 N–H and O–H groups in total. The molecule has 0 aromatic heterocycles. The first-order valence-corrected chi connectivity index (χ1v) is 7.60. The Morgan fingerprint density at radius 2 is 1.14 bits per heavy atom. The Morgan fingerprint density at radius 3 is 1.33 bits per heavy atom. The standard InChI is InChI=1S/C7H7Cl.C5H5.F6P.Fe/c1-6-3-2-4-7(8)5-6;1-2-4-5-3-1;1-7(2,3,4,5)6;/h2-5H,1H3;1-5H;;/q;;-1;+2. The fraction of sp³-hybridized carbons (Fsp3) is 0.0833. The Labute approximate surface area is 136 Å². The zero-order valence-electron chi connectivity index (χ0n) is 10.6. The van der Waals surface area contributed by atoms with Gasteiger partial charge >= 0.3 is 50.1 Å². The second-order valence-electron chi connectivity index (χ2n) is 3.72. The minimum absolute atomic E-state index is 0. The van der Waals surface area contributed by atoms with E-state index in [9.17, 15) is 25.2 Å². The van der Waals surface area contributed by atoms with E-state index in [1.54, 1.807) is 0 Å². The van der Waals surface area contributed by atoms with Gasteiger partial charge in [-0.15, -0.1) is 0 Å². The van der Waals surface area contributed by atoms with Crippen LogP contribution < -0.4 is 0 Å². The summed E-state index contributed by atoms with van der Waals surface area (Å²) in [6, 6.07) is 7.76. The molecule has 1 fully saturated rings. The fourth-order valence-electron chi connectivity index (χ4n) is 0.926. The SMILES string of the molecule is Cc1cccc(Cl)c1.F[P-](F)(F)(F)(F)F.[CH]1[CH][CH][CH][CH]1.[Fe+2]. The van der Waals surface area contributed by atoms with Crippen molar-refractivity contribution in [2.75, 3.05) is 0 Å². The van der Waals surface area contributed by atoms with Gasteiger partial charge in [-0.2, -0.15) is 0 Å². The van der Waals surface area contributed by atoms with Crippen molar-refractivity contribution >= 4 is 19.4 Å². The smallest absolute Gasteiger partial charge is 0.0312 e. The molecule has 1 aromatic carbocycles. The van der Waals surface area contributed by atoms with Crippen molar-refractivity contribution in [3.8, 4) is 0 Å². The third-order valence-electron chi connectivity index (χ3n) is 1.54. The van der Waals surface area contributed by atoms with Gasteiger partial charge in [-0.3, -0.25) is 0 Å². The van der Waals surface area contributed by atoms with Gasteiger partial charge in [0.25, 0.3) is 0 Å². The van der Waals surface area contributed by atoms with Crippen LogP contribution in [0.4, 0.5) is 25.2 Å². The first-order chi connectivity index (χ1) is 8.74. The average molecular weight is 392 g/mol. The Hall–Kier alpha value is 0.0395. The van der Waals surface area contributed by atoms with E-state index >= 15 is 0 Å². The summed E-state index contributed by atoms with van der Waals surface area (Å²) in [6.45, 7) is 2.02. The first-order valence-electron chi connectivity index (χ1n) is 5.19. The zero-order chi connectivity index (χ0) is 15.9. The molecule has 0 heterocycles. The zero-order valence-corrected chi connectivity index (χ0v) is 13.4. The molecule has 1 aliphatic carbocycles. The third kappa shape index (κ3) is 28.8. The normalized spacial score (nSPS) is 17.0. The summed E-state index contributed by atoms with van der Waals surface area (Å²) in [4.78, 5) is 0. The van der Waals surface area contributed by atoms with Crippen molar-refractivity contribution in [3.05, 3.63) is 67.0 Å². The van der Waals surface area contributed by atoms with Gasteiger partial charge < -0.3 is 0 Å². The summed E-state index contributed by atoms with van der Waals surface area (Å²) < 4.78 is 59.2. The summed E-state index contributed by atoms with van der Waals surface area (Å²) in [5.41, 5.74) is 1.21. The number of hydrogen-bond acceptors (Lipinski definition) is 0. The van der Waals surface area contributed by atoms with Gasteiger partial charge in [0.1, 0.15) is 0 Å². The van der Waals surface area contributed by atoms with Gasteiger partial charge in [-0.25, -0.2) is 0 Å². The van der Waals surface area contributed by atoms with Gasteiger partial charge in [0.05, 0.1) is 0 Å². The molecule has 0 bridgehead atoms. The van der Waals surface area contributed by atoms with Crippen LogP contribution >= 0.6 is 19.4 Å².